The molecular formula is C11H12O3. The SMILES string of the molecule is CCC(C=O)C(=O)Oc1ccccc1. The van der Waals surface area contributed by atoms with Crippen molar-refractivity contribution >= 4 is 12.3 Å². The van der Waals surface area contributed by atoms with Crippen molar-refractivity contribution in [2.75, 3.05) is 0 Å². The van der Waals surface area contributed by atoms with E-state index in [0.29, 0.717) is 18.5 Å². The van der Waals surface area contributed by atoms with Gasteiger partial charge in [0.1, 0.15) is 18.0 Å². The van der Waals surface area contributed by atoms with E-state index in [2.05, 4.69) is 0 Å². The fourth-order valence-electron chi connectivity index (χ4n) is 0.999. The Kier molecular flexibility index (Phi) is 3.85. The molecule has 0 fully saturated rings. The highest BCUT2D eigenvalue weighted by Crippen LogP contribution is 2.11. The second kappa shape index (κ2) is 5.17. The number of esters is 1. The zero-order chi connectivity index (χ0) is 10.4. The molecule has 0 amide bonds. The van der Waals surface area contributed by atoms with Crippen LogP contribution in [0.3, 0.4) is 0 Å². The summed E-state index contributed by atoms with van der Waals surface area (Å²) in [4.78, 5) is 21.8. The second-order valence-corrected chi connectivity index (χ2v) is 2.88. The molecule has 74 valence electrons. The van der Waals surface area contributed by atoms with Gasteiger partial charge < -0.3 is 9.53 Å². The number of hydrogen-bond acceptors (Lipinski definition) is 3. The van der Waals surface area contributed by atoms with Crippen molar-refractivity contribution in [2.24, 2.45) is 5.92 Å². The van der Waals surface area contributed by atoms with Crippen LogP contribution in [0.25, 0.3) is 0 Å². The van der Waals surface area contributed by atoms with Crippen molar-refractivity contribution < 1.29 is 14.3 Å². The third-order valence-corrected chi connectivity index (χ3v) is 1.87. The molecule has 1 unspecified atom stereocenters. The first kappa shape index (κ1) is 10.4. The highest BCUT2D eigenvalue weighted by molar-refractivity contribution is 5.88. The van der Waals surface area contributed by atoms with E-state index in [9.17, 15) is 9.59 Å². The van der Waals surface area contributed by atoms with Gasteiger partial charge in [-0.3, -0.25) is 4.79 Å². The molecule has 1 aromatic rings. The Morgan fingerprint density at radius 3 is 2.57 bits per heavy atom. The molecule has 1 rings (SSSR count). The number of hydrogen-bond donors (Lipinski definition) is 0. The molecule has 3 heteroatoms. The zero-order valence-corrected chi connectivity index (χ0v) is 7.97. The highest BCUT2D eigenvalue weighted by atomic mass is 16.5. The summed E-state index contributed by atoms with van der Waals surface area (Å²) >= 11 is 0. The summed E-state index contributed by atoms with van der Waals surface area (Å²) in [6.07, 6.45) is 1.08. The first-order valence-corrected chi connectivity index (χ1v) is 4.50. The van der Waals surface area contributed by atoms with Crippen LogP contribution < -0.4 is 4.74 Å². The van der Waals surface area contributed by atoms with E-state index < -0.39 is 11.9 Å². The summed E-state index contributed by atoms with van der Waals surface area (Å²) in [6.45, 7) is 1.77. The van der Waals surface area contributed by atoms with Crippen molar-refractivity contribution in [1.82, 2.24) is 0 Å². The molecule has 1 aromatic carbocycles. The van der Waals surface area contributed by atoms with Gasteiger partial charge in [-0.15, -0.1) is 0 Å². The lowest BCUT2D eigenvalue weighted by Gasteiger charge is -2.07. The van der Waals surface area contributed by atoms with Crippen LogP contribution >= 0.6 is 0 Å². The van der Waals surface area contributed by atoms with Crippen LogP contribution in [0.15, 0.2) is 30.3 Å². The van der Waals surface area contributed by atoms with Crippen molar-refractivity contribution in [3.8, 4) is 5.75 Å². The maximum atomic E-state index is 11.3. The standard InChI is InChI=1S/C11H12O3/c1-2-9(8-12)11(13)14-10-6-4-3-5-7-10/h3-9H,2H2,1H3. The van der Waals surface area contributed by atoms with Gasteiger partial charge in [0.25, 0.3) is 0 Å². The van der Waals surface area contributed by atoms with Gasteiger partial charge in [0.15, 0.2) is 0 Å². The molecule has 1 atom stereocenters. The Balaban J connectivity index is 2.61. The van der Waals surface area contributed by atoms with E-state index in [1.165, 1.54) is 0 Å². The van der Waals surface area contributed by atoms with E-state index in [4.69, 9.17) is 4.74 Å². The lowest BCUT2D eigenvalue weighted by atomic mass is 10.1. The van der Waals surface area contributed by atoms with E-state index in [0.717, 1.165) is 0 Å². The Morgan fingerprint density at radius 1 is 1.43 bits per heavy atom. The average Bonchev–Trinajstić information content (AvgIpc) is 2.21. The van der Waals surface area contributed by atoms with Crippen LogP contribution in [0, 0.1) is 5.92 Å². The number of rotatable bonds is 4. The summed E-state index contributed by atoms with van der Waals surface area (Å²) in [6, 6.07) is 8.72. The molecule has 0 spiro atoms. The maximum Gasteiger partial charge on any atom is 0.321 e. The third-order valence-electron chi connectivity index (χ3n) is 1.87. The third kappa shape index (κ3) is 2.69. The minimum atomic E-state index is -0.657. The van der Waals surface area contributed by atoms with Crippen molar-refractivity contribution in [3.05, 3.63) is 30.3 Å². The van der Waals surface area contributed by atoms with Crippen molar-refractivity contribution in [1.29, 1.82) is 0 Å². The molecule has 0 saturated carbocycles. The number of carbonyl (C=O) groups is 2. The molecular weight excluding hydrogens is 180 g/mol. The van der Waals surface area contributed by atoms with Crippen LogP contribution in [0.1, 0.15) is 13.3 Å². The monoisotopic (exact) mass is 192 g/mol. The summed E-state index contributed by atoms with van der Waals surface area (Å²) < 4.78 is 4.99. The van der Waals surface area contributed by atoms with E-state index in [1.54, 1.807) is 31.2 Å². The first-order chi connectivity index (χ1) is 6.77. The molecule has 0 bridgehead atoms. The van der Waals surface area contributed by atoms with Gasteiger partial charge in [0, 0.05) is 0 Å². The molecule has 0 aliphatic rings. The number of para-hydroxylation sites is 1. The largest absolute Gasteiger partial charge is 0.426 e. The normalized spacial score (nSPS) is 11.8. The quantitative estimate of drug-likeness (QED) is 0.316. The maximum absolute atomic E-state index is 11.3. The smallest absolute Gasteiger partial charge is 0.321 e. The fraction of sp³-hybridized carbons (Fsp3) is 0.273. The summed E-state index contributed by atoms with van der Waals surface area (Å²) in [7, 11) is 0. The molecule has 0 aliphatic heterocycles. The van der Waals surface area contributed by atoms with E-state index in [-0.39, 0.29) is 0 Å². The lowest BCUT2D eigenvalue weighted by Crippen LogP contribution is -2.20. The van der Waals surface area contributed by atoms with Gasteiger partial charge in [-0.05, 0) is 18.6 Å². The summed E-state index contributed by atoms with van der Waals surface area (Å²) in [5.41, 5.74) is 0. The van der Waals surface area contributed by atoms with Gasteiger partial charge in [-0.25, -0.2) is 0 Å². The van der Waals surface area contributed by atoms with Crippen LogP contribution in [0.5, 0.6) is 5.75 Å². The Bertz CT molecular complexity index is 306. The first-order valence-electron chi connectivity index (χ1n) is 4.50. The summed E-state index contributed by atoms with van der Waals surface area (Å²) in [5.74, 6) is -0.679. The predicted molar refractivity (Wildman–Crippen MR) is 51.9 cm³/mol. The van der Waals surface area contributed by atoms with Crippen molar-refractivity contribution in [3.63, 3.8) is 0 Å². The van der Waals surface area contributed by atoms with Crippen LogP contribution in [-0.4, -0.2) is 12.3 Å². The number of ether oxygens (including phenoxy) is 1. The number of aldehydes is 1. The van der Waals surface area contributed by atoms with Crippen LogP contribution in [0.4, 0.5) is 0 Å². The minimum Gasteiger partial charge on any atom is -0.426 e. The van der Waals surface area contributed by atoms with E-state index >= 15 is 0 Å². The van der Waals surface area contributed by atoms with E-state index in [1.807, 2.05) is 6.07 Å². The molecule has 0 aliphatic carbocycles. The van der Waals surface area contributed by atoms with Gasteiger partial charge in [0.05, 0.1) is 0 Å². The predicted octanol–water partition coefficient (Wildman–Crippen LogP) is 1.82. The second-order valence-electron chi connectivity index (χ2n) is 2.88. The highest BCUT2D eigenvalue weighted by Gasteiger charge is 2.17. The average molecular weight is 192 g/mol. The van der Waals surface area contributed by atoms with Crippen LogP contribution in [-0.2, 0) is 9.59 Å². The molecule has 14 heavy (non-hydrogen) atoms. The fourth-order valence-corrected chi connectivity index (χ4v) is 0.999. The van der Waals surface area contributed by atoms with Gasteiger partial charge in [-0.1, -0.05) is 25.1 Å². The molecule has 3 nitrogen and oxygen atoms in total. The number of benzene rings is 1. The van der Waals surface area contributed by atoms with Crippen molar-refractivity contribution in [2.45, 2.75) is 13.3 Å². The Morgan fingerprint density at radius 2 is 2.07 bits per heavy atom. The zero-order valence-electron chi connectivity index (χ0n) is 7.97. The molecule has 0 saturated heterocycles. The lowest BCUT2D eigenvalue weighted by molar-refractivity contribution is -0.141. The minimum absolute atomic E-state index is 0.467. The van der Waals surface area contributed by atoms with Crippen LogP contribution in [0.2, 0.25) is 0 Å². The topological polar surface area (TPSA) is 43.4 Å². The number of carbonyl (C=O) groups excluding carboxylic acids is 2. The van der Waals surface area contributed by atoms with Gasteiger partial charge >= 0.3 is 5.97 Å². The molecule has 0 heterocycles. The summed E-state index contributed by atoms with van der Waals surface area (Å²) in [5, 5.41) is 0. The molecule has 0 aromatic heterocycles. The van der Waals surface area contributed by atoms with Gasteiger partial charge in [0.2, 0.25) is 0 Å². The Labute approximate surface area is 82.7 Å². The Hall–Kier alpha value is -1.64. The molecule has 0 N–H and O–H groups in total. The molecule has 0 radical (unpaired) electrons. The van der Waals surface area contributed by atoms with Gasteiger partial charge in [-0.2, -0.15) is 0 Å².